The van der Waals surface area contributed by atoms with E-state index in [1.165, 1.54) is 37.0 Å². The van der Waals surface area contributed by atoms with E-state index in [2.05, 4.69) is 6.92 Å². The summed E-state index contributed by atoms with van der Waals surface area (Å²) >= 11 is 0. The molecule has 0 aliphatic carbocycles. The van der Waals surface area contributed by atoms with Crippen molar-refractivity contribution >= 4 is 17.8 Å². The van der Waals surface area contributed by atoms with E-state index in [0.29, 0.717) is 6.42 Å². The molecule has 0 heterocycles. The Labute approximate surface area is 180 Å². The molecule has 8 nitrogen and oxygen atoms in total. The van der Waals surface area contributed by atoms with Crippen LogP contribution < -0.4 is 5.73 Å². The Balaban J connectivity index is 4.81. The van der Waals surface area contributed by atoms with Gasteiger partial charge in [-0.1, -0.05) is 58.3 Å². The van der Waals surface area contributed by atoms with E-state index in [-0.39, 0.29) is 57.7 Å². The number of rotatable bonds is 20. The molecule has 0 aliphatic heterocycles. The quantitative estimate of drug-likeness (QED) is 0.217. The topological polar surface area (TPSA) is 141 Å². The molecule has 0 aromatic carbocycles. The van der Waals surface area contributed by atoms with Crippen molar-refractivity contribution in [2.45, 2.75) is 102 Å². The molecule has 0 fully saturated rings. The summed E-state index contributed by atoms with van der Waals surface area (Å²) in [6.45, 7) is 1.88. The van der Waals surface area contributed by atoms with Gasteiger partial charge in [0.2, 0.25) is 5.91 Å². The molecule has 0 aliphatic rings. The van der Waals surface area contributed by atoms with Crippen LogP contribution in [0.5, 0.6) is 0 Å². The molecule has 0 unspecified atom stereocenters. The molecule has 30 heavy (non-hydrogen) atoms. The van der Waals surface area contributed by atoms with Crippen LogP contribution in [0.1, 0.15) is 96.8 Å². The van der Waals surface area contributed by atoms with Gasteiger partial charge in [0.1, 0.15) is 0 Å². The maximum atomic E-state index is 12.9. The average molecular weight is 431 g/mol. The van der Waals surface area contributed by atoms with Crippen LogP contribution in [0.2, 0.25) is 0 Å². The lowest BCUT2D eigenvalue weighted by Crippen LogP contribution is -2.57. The lowest BCUT2D eigenvalue weighted by molar-refractivity contribution is -0.145. The number of aliphatic hydroxyl groups excluding tert-OH is 1. The summed E-state index contributed by atoms with van der Waals surface area (Å²) in [5.74, 6) is -2.26. The zero-order chi connectivity index (χ0) is 22.8. The van der Waals surface area contributed by atoms with Crippen LogP contribution in [0.15, 0.2) is 0 Å². The van der Waals surface area contributed by atoms with Crippen molar-refractivity contribution in [3.05, 3.63) is 0 Å². The smallest absolute Gasteiger partial charge is 0.303 e. The summed E-state index contributed by atoms with van der Waals surface area (Å²) in [5.41, 5.74) is 4.86. The van der Waals surface area contributed by atoms with Crippen LogP contribution in [0.4, 0.5) is 0 Å². The normalized spacial score (nSPS) is 11.4. The summed E-state index contributed by atoms with van der Waals surface area (Å²) < 4.78 is 0. The summed E-state index contributed by atoms with van der Waals surface area (Å²) in [6.07, 6.45) is 10.1. The Morgan fingerprint density at radius 2 is 1.27 bits per heavy atom. The van der Waals surface area contributed by atoms with Crippen molar-refractivity contribution < 1.29 is 29.7 Å². The molecule has 0 aromatic heterocycles. The van der Waals surface area contributed by atoms with E-state index in [1.807, 2.05) is 0 Å². The number of aliphatic carboxylic acids is 2. The third-order valence-electron chi connectivity index (χ3n) is 5.68. The van der Waals surface area contributed by atoms with Gasteiger partial charge < -0.3 is 26.0 Å². The van der Waals surface area contributed by atoms with Gasteiger partial charge in [0, 0.05) is 32.4 Å². The van der Waals surface area contributed by atoms with Crippen LogP contribution in [-0.2, 0) is 14.4 Å². The second-order valence-corrected chi connectivity index (χ2v) is 8.06. The van der Waals surface area contributed by atoms with Gasteiger partial charge in [0.25, 0.3) is 0 Å². The lowest BCUT2D eigenvalue weighted by Gasteiger charge is -2.43. The molecule has 0 rings (SSSR count). The molecule has 8 heteroatoms. The fourth-order valence-corrected chi connectivity index (χ4v) is 3.84. The minimum absolute atomic E-state index is 0.0205. The van der Waals surface area contributed by atoms with Crippen molar-refractivity contribution in [2.24, 2.45) is 5.73 Å². The number of amides is 1. The fourth-order valence-electron chi connectivity index (χ4n) is 3.84. The fraction of sp³-hybridized carbons (Fsp3) is 0.864. The van der Waals surface area contributed by atoms with Gasteiger partial charge >= 0.3 is 11.9 Å². The summed E-state index contributed by atoms with van der Waals surface area (Å²) in [4.78, 5) is 36.5. The first-order valence-corrected chi connectivity index (χ1v) is 11.4. The third-order valence-corrected chi connectivity index (χ3v) is 5.68. The highest BCUT2D eigenvalue weighted by atomic mass is 16.4. The Hall–Kier alpha value is -1.67. The lowest BCUT2D eigenvalue weighted by atomic mass is 9.85. The standard InChI is InChI=1S/C22H42N2O6/c1-2-3-4-5-6-7-8-9-10-11-19(26)24(16-17-25)22(18-23,14-12-20(27)28)15-13-21(29)30/h25H,2-18,23H2,1H3,(H,27,28)(H,29,30). The number of carboxylic acid groups (broad SMARTS) is 2. The summed E-state index contributed by atoms with van der Waals surface area (Å²) in [5, 5.41) is 27.6. The van der Waals surface area contributed by atoms with Crippen LogP contribution in [-0.4, -0.2) is 63.3 Å². The number of hydrogen-bond donors (Lipinski definition) is 4. The maximum absolute atomic E-state index is 12.9. The van der Waals surface area contributed by atoms with E-state index < -0.39 is 17.5 Å². The van der Waals surface area contributed by atoms with E-state index in [1.54, 1.807) is 0 Å². The van der Waals surface area contributed by atoms with E-state index in [9.17, 15) is 19.5 Å². The van der Waals surface area contributed by atoms with Crippen LogP contribution in [0, 0.1) is 0 Å². The zero-order valence-corrected chi connectivity index (χ0v) is 18.6. The van der Waals surface area contributed by atoms with Crippen molar-refractivity contribution in [1.82, 2.24) is 4.90 Å². The Morgan fingerprint density at radius 1 is 0.800 bits per heavy atom. The average Bonchev–Trinajstić information content (AvgIpc) is 2.71. The van der Waals surface area contributed by atoms with Crippen LogP contribution >= 0.6 is 0 Å². The molecule has 176 valence electrons. The highest BCUT2D eigenvalue weighted by Gasteiger charge is 2.38. The van der Waals surface area contributed by atoms with Crippen LogP contribution in [0.25, 0.3) is 0 Å². The molecule has 0 saturated carbocycles. The van der Waals surface area contributed by atoms with E-state index >= 15 is 0 Å². The van der Waals surface area contributed by atoms with Gasteiger partial charge in [0.05, 0.1) is 12.1 Å². The summed E-state index contributed by atoms with van der Waals surface area (Å²) in [6, 6.07) is 0. The molecule has 0 saturated heterocycles. The van der Waals surface area contributed by atoms with Crippen molar-refractivity contribution in [3.8, 4) is 0 Å². The monoisotopic (exact) mass is 430 g/mol. The number of nitrogens with zero attached hydrogens (tertiary/aromatic N) is 1. The number of nitrogens with two attached hydrogens (primary N) is 1. The van der Waals surface area contributed by atoms with Gasteiger partial charge in [-0.3, -0.25) is 14.4 Å². The van der Waals surface area contributed by atoms with Crippen molar-refractivity contribution in [1.29, 1.82) is 0 Å². The van der Waals surface area contributed by atoms with E-state index in [4.69, 9.17) is 15.9 Å². The molecule has 0 bridgehead atoms. The first kappa shape index (κ1) is 28.3. The van der Waals surface area contributed by atoms with Gasteiger partial charge in [-0.15, -0.1) is 0 Å². The number of carbonyl (C=O) groups is 3. The van der Waals surface area contributed by atoms with Gasteiger partial charge in [0.15, 0.2) is 0 Å². The van der Waals surface area contributed by atoms with Crippen LogP contribution in [0.3, 0.4) is 0 Å². The Bertz CT molecular complexity index is 480. The number of aliphatic hydroxyl groups is 1. The van der Waals surface area contributed by atoms with Crippen molar-refractivity contribution in [3.63, 3.8) is 0 Å². The number of unbranched alkanes of at least 4 members (excludes halogenated alkanes) is 8. The number of carboxylic acids is 2. The predicted molar refractivity (Wildman–Crippen MR) is 116 cm³/mol. The Kier molecular flexibility index (Phi) is 16.1. The molecular formula is C22H42N2O6. The minimum Gasteiger partial charge on any atom is -0.481 e. The zero-order valence-electron chi connectivity index (χ0n) is 18.6. The third kappa shape index (κ3) is 12.1. The number of carbonyl (C=O) groups excluding carboxylic acids is 1. The highest BCUT2D eigenvalue weighted by Crippen LogP contribution is 2.28. The SMILES string of the molecule is CCCCCCCCCCCC(=O)N(CCO)C(CN)(CCC(=O)O)CCC(=O)O. The molecule has 0 aromatic rings. The second-order valence-electron chi connectivity index (χ2n) is 8.06. The highest BCUT2D eigenvalue weighted by molar-refractivity contribution is 5.77. The number of β-amino-alcohol motifs (C(OH)–C–C–N with tert-alkyl or cyclic N) is 1. The minimum atomic E-state index is -1.07. The first-order valence-electron chi connectivity index (χ1n) is 11.4. The molecule has 5 N–H and O–H groups in total. The largest absolute Gasteiger partial charge is 0.481 e. The van der Waals surface area contributed by atoms with Gasteiger partial charge in [-0.2, -0.15) is 0 Å². The first-order chi connectivity index (χ1) is 14.3. The summed E-state index contributed by atoms with van der Waals surface area (Å²) in [7, 11) is 0. The molecule has 0 atom stereocenters. The van der Waals surface area contributed by atoms with E-state index in [0.717, 1.165) is 19.3 Å². The number of hydrogen-bond acceptors (Lipinski definition) is 5. The molecular weight excluding hydrogens is 388 g/mol. The van der Waals surface area contributed by atoms with Crippen molar-refractivity contribution in [2.75, 3.05) is 19.7 Å². The van der Waals surface area contributed by atoms with Gasteiger partial charge in [-0.25, -0.2) is 0 Å². The maximum Gasteiger partial charge on any atom is 0.303 e. The second kappa shape index (κ2) is 17.1. The predicted octanol–water partition coefficient (Wildman–Crippen LogP) is 3.16. The molecule has 0 spiro atoms. The van der Waals surface area contributed by atoms with Gasteiger partial charge in [-0.05, 0) is 19.3 Å². The molecule has 1 amide bonds. The Morgan fingerprint density at radius 3 is 1.67 bits per heavy atom. The molecule has 0 radical (unpaired) electrons.